The van der Waals surface area contributed by atoms with E-state index < -0.39 is 0 Å². The highest BCUT2D eigenvalue weighted by molar-refractivity contribution is 7.99. The van der Waals surface area contributed by atoms with E-state index in [1.54, 1.807) is 23.9 Å². The van der Waals surface area contributed by atoms with Gasteiger partial charge in [-0.2, -0.15) is 0 Å². The molecule has 4 heteroatoms. The summed E-state index contributed by atoms with van der Waals surface area (Å²) in [6.45, 7) is 2.90. The maximum atomic E-state index is 13.3. The highest BCUT2D eigenvalue weighted by Gasteiger charge is 2.11. The van der Waals surface area contributed by atoms with E-state index in [0.29, 0.717) is 0 Å². The third-order valence-corrected chi connectivity index (χ3v) is 4.29. The summed E-state index contributed by atoms with van der Waals surface area (Å²) in [5, 5.41) is 4.13. The number of halogens is 2. The summed E-state index contributed by atoms with van der Waals surface area (Å²) in [6, 6.07) is 14.7. The Morgan fingerprint density at radius 2 is 1.95 bits per heavy atom. The second-order valence-electron chi connectivity index (χ2n) is 4.43. The van der Waals surface area contributed by atoms with E-state index in [-0.39, 0.29) is 11.9 Å². The van der Waals surface area contributed by atoms with Gasteiger partial charge in [0.15, 0.2) is 0 Å². The molecule has 0 aliphatic heterocycles. The number of rotatable bonds is 6. The predicted molar refractivity (Wildman–Crippen MR) is 85.0 cm³/mol. The van der Waals surface area contributed by atoms with Gasteiger partial charge >= 0.3 is 0 Å². The molecule has 0 radical (unpaired) electrons. The summed E-state index contributed by atoms with van der Waals surface area (Å²) < 4.78 is 13.3. The van der Waals surface area contributed by atoms with Crippen LogP contribution in [0.5, 0.6) is 0 Å². The lowest BCUT2D eigenvalue weighted by Crippen LogP contribution is -2.23. The van der Waals surface area contributed by atoms with Crippen LogP contribution in [0.15, 0.2) is 53.4 Å². The summed E-state index contributed by atoms with van der Waals surface area (Å²) in [5.41, 5.74) is 0.980. The Bertz CT molecular complexity index is 544. The molecule has 0 aliphatic rings. The number of hydrogen-bond donors (Lipinski definition) is 1. The summed E-state index contributed by atoms with van der Waals surface area (Å²) >= 11 is 7.61. The van der Waals surface area contributed by atoms with Crippen molar-refractivity contribution in [3.8, 4) is 0 Å². The van der Waals surface area contributed by atoms with Gasteiger partial charge < -0.3 is 5.32 Å². The van der Waals surface area contributed by atoms with Crippen LogP contribution in [0.1, 0.15) is 18.5 Å². The van der Waals surface area contributed by atoms with E-state index in [4.69, 9.17) is 11.6 Å². The van der Waals surface area contributed by atoms with Crippen molar-refractivity contribution in [2.45, 2.75) is 17.9 Å². The van der Waals surface area contributed by atoms with Gasteiger partial charge in [-0.3, -0.25) is 0 Å². The van der Waals surface area contributed by atoms with E-state index in [1.165, 1.54) is 6.07 Å². The number of hydrogen-bond acceptors (Lipinski definition) is 2. The third kappa shape index (κ3) is 4.51. The van der Waals surface area contributed by atoms with Crippen LogP contribution in [0.25, 0.3) is 0 Å². The average Bonchev–Trinajstić information content (AvgIpc) is 2.45. The highest BCUT2D eigenvalue weighted by Crippen LogP contribution is 2.26. The molecule has 2 rings (SSSR count). The summed E-state index contributed by atoms with van der Waals surface area (Å²) in [6.07, 6.45) is 0. The Morgan fingerprint density at radius 3 is 2.60 bits per heavy atom. The van der Waals surface area contributed by atoms with Gasteiger partial charge in [-0.25, -0.2) is 4.39 Å². The Hall–Kier alpha value is -1.03. The van der Waals surface area contributed by atoms with Gasteiger partial charge in [-0.05, 0) is 48.5 Å². The molecule has 1 N–H and O–H groups in total. The molecule has 20 heavy (non-hydrogen) atoms. The van der Waals surface area contributed by atoms with Gasteiger partial charge in [-0.1, -0.05) is 30.7 Å². The van der Waals surface area contributed by atoms with E-state index in [9.17, 15) is 4.39 Å². The molecule has 106 valence electrons. The van der Waals surface area contributed by atoms with Gasteiger partial charge in [0.05, 0.1) is 0 Å². The van der Waals surface area contributed by atoms with Gasteiger partial charge in [0.25, 0.3) is 0 Å². The molecule has 0 aromatic heterocycles. The Labute approximate surface area is 128 Å². The molecular weight excluding hydrogens is 293 g/mol. The minimum absolute atomic E-state index is 0.136. The number of thioether (sulfide) groups is 1. The first kappa shape index (κ1) is 15.4. The molecule has 1 unspecified atom stereocenters. The second kappa shape index (κ2) is 7.67. The van der Waals surface area contributed by atoms with E-state index in [1.807, 2.05) is 30.3 Å². The molecule has 0 amide bonds. The molecule has 2 aromatic rings. The molecule has 1 atom stereocenters. The third-order valence-electron chi connectivity index (χ3n) is 2.93. The maximum absolute atomic E-state index is 13.3. The Kier molecular flexibility index (Phi) is 5.89. The molecule has 1 nitrogen and oxygen atoms in total. The second-order valence-corrected chi connectivity index (χ2v) is 5.96. The molecule has 0 aliphatic carbocycles. The van der Waals surface area contributed by atoms with Gasteiger partial charge in [-0.15, -0.1) is 11.8 Å². The topological polar surface area (TPSA) is 12.0 Å². The molecule has 0 heterocycles. The van der Waals surface area contributed by atoms with Crippen molar-refractivity contribution in [2.24, 2.45) is 0 Å². The van der Waals surface area contributed by atoms with Crippen molar-refractivity contribution >= 4 is 23.4 Å². The van der Waals surface area contributed by atoms with Gasteiger partial charge in [0, 0.05) is 21.7 Å². The zero-order valence-electron chi connectivity index (χ0n) is 11.3. The smallest absolute Gasteiger partial charge is 0.123 e. The van der Waals surface area contributed by atoms with Crippen LogP contribution in [0.2, 0.25) is 5.02 Å². The molecule has 2 aromatic carbocycles. The first-order valence-corrected chi connectivity index (χ1v) is 7.92. The molecule has 0 saturated heterocycles. The monoisotopic (exact) mass is 309 g/mol. The van der Waals surface area contributed by atoms with Gasteiger partial charge in [0.2, 0.25) is 0 Å². The molecule has 0 saturated carbocycles. The largest absolute Gasteiger partial charge is 0.309 e. The van der Waals surface area contributed by atoms with Crippen LogP contribution < -0.4 is 5.32 Å². The quantitative estimate of drug-likeness (QED) is 0.760. The fourth-order valence-corrected chi connectivity index (χ4v) is 3.08. The lowest BCUT2D eigenvalue weighted by molar-refractivity contribution is 0.588. The van der Waals surface area contributed by atoms with E-state index in [2.05, 4.69) is 12.2 Å². The lowest BCUT2D eigenvalue weighted by atomic mass is 10.1. The zero-order chi connectivity index (χ0) is 14.4. The normalized spacial score (nSPS) is 12.3. The number of nitrogens with one attached hydrogen (secondary N) is 1. The molecule has 0 bridgehead atoms. The van der Waals surface area contributed by atoms with E-state index in [0.717, 1.165) is 27.8 Å². The Balaban J connectivity index is 2.04. The van der Waals surface area contributed by atoms with Crippen LogP contribution in [0.4, 0.5) is 4.39 Å². The fourth-order valence-electron chi connectivity index (χ4n) is 1.95. The average molecular weight is 310 g/mol. The van der Waals surface area contributed by atoms with Gasteiger partial charge in [0.1, 0.15) is 5.82 Å². The summed E-state index contributed by atoms with van der Waals surface area (Å²) in [7, 11) is 0. The van der Waals surface area contributed by atoms with Crippen molar-refractivity contribution in [2.75, 3.05) is 12.3 Å². The minimum atomic E-state index is -0.193. The van der Waals surface area contributed by atoms with Crippen LogP contribution in [0, 0.1) is 5.82 Å². The minimum Gasteiger partial charge on any atom is -0.309 e. The standard InChI is InChI=1S/C16H17ClFNS/c1-2-19-16(12-4-3-5-14(18)10-12)11-20-15-8-6-13(17)7-9-15/h3-10,16,19H,2,11H2,1H3. The zero-order valence-corrected chi connectivity index (χ0v) is 12.8. The first-order chi connectivity index (χ1) is 9.69. The molecular formula is C16H17ClFNS. The summed E-state index contributed by atoms with van der Waals surface area (Å²) in [5.74, 6) is 0.653. The molecule has 0 spiro atoms. The highest BCUT2D eigenvalue weighted by atomic mass is 35.5. The van der Waals surface area contributed by atoms with Crippen molar-refractivity contribution in [1.82, 2.24) is 5.32 Å². The van der Waals surface area contributed by atoms with Crippen molar-refractivity contribution < 1.29 is 4.39 Å². The van der Waals surface area contributed by atoms with Crippen LogP contribution in [-0.2, 0) is 0 Å². The lowest BCUT2D eigenvalue weighted by Gasteiger charge is -2.18. The van der Waals surface area contributed by atoms with E-state index >= 15 is 0 Å². The SMILES string of the molecule is CCNC(CSc1ccc(Cl)cc1)c1cccc(F)c1. The van der Waals surface area contributed by atoms with Crippen LogP contribution in [-0.4, -0.2) is 12.3 Å². The fraction of sp³-hybridized carbons (Fsp3) is 0.250. The van der Waals surface area contributed by atoms with Crippen LogP contribution in [0.3, 0.4) is 0 Å². The maximum Gasteiger partial charge on any atom is 0.123 e. The predicted octanol–water partition coefficient (Wildman–Crippen LogP) is 4.92. The Morgan fingerprint density at radius 1 is 1.20 bits per heavy atom. The van der Waals surface area contributed by atoms with Crippen molar-refractivity contribution in [1.29, 1.82) is 0 Å². The van der Waals surface area contributed by atoms with Crippen LogP contribution >= 0.6 is 23.4 Å². The summed E-state index contributed by atoms with van der Waals surface area (Å²) in [4.78, 5) is 1.16. The first-order valence-electron chi connectivity index (χ1n) is 6.56. The van der Waals surface area contributed by atoms with Crippen molar-refractivity contribution in [3.05, 3.63) is 64.9 Å². The molecule has 0 fully saturated rings. The van der Waals surface area contributed by atoms with Crippen molar-refractivity contribution in [3.63, 3.8) is 0 Å². The number of benzene rings is 2.